The average molecular weight is 293 g/mol. The van der Waals surface area contributed by atoms with Gasteiger partial charge >= 0.3 is 5.97 Å². The summed E-state index contributed by atoms with van der Waals surface area (Å²) in [4.78, 5) is 24.5. The number of phenolic OH excluding ortho intramolecular Hbond substituents is 1. The lowest BCUT2D eigenvalue weighted by Crippen LogP contribution is -2.44. The van der Waals surface area contributed by atoms with E-state index >= 15 is 0 Å². The molecule has 114 valence electrons. The van der Waals surface area contributed by atoms with E-state index < -0.39 is 5.97 Å². The van der Waals surface area contributed by atoms with Gasteiger partial charge in [-0.25, -0.2) is 0 Å². The number of benzene rings is 1. The summed E-state index contributed by atoms with van der Waals surface area (Å²) >= 11 is 0. The Morgan fingerprint density at radius 1 is 1.24 bits per heavy atom. The minimum Gasteiger partial charge on any atom is -0.504 e. The van der Waals surface area contributed by atoms with Crippen molar-refractivity contribution in [1.82, 2.24) is 4.90 Å². The number of phenols is 1. The van der Waals surface area contributed by atoms with Crippen molar-refractivity contribution in [1.29, 1.82) is 0 Å². The Hall–Kier alpha value is -2.24. The van der Waals surface area contributed by atoms with Crippen molar-refractivity contribution < 1.29 is 24.5 Å². The summed E-state index contributed by atoms with van der Waals surface area (Å²) in [7, 11) is 0. The molecule has 6 heteroatoms. The lowest BCUT2D eigenvalue weighted by atomic mass is 10.2. The van der Waals surface area contributed by atoms with Gasteiger partial charge in [-0.15, -0.1) is 0 Å². The molecule has 1 fully saturated rings. The lowest BCUT2D eigenvalue weighted by molar-refractivity contribution is -0.147. The third-order valence-corrected chi connectivity index (χ3v) is 3.61. The normalized spacial score (nSPS) is 14.9. The molecule has 0 atom stereocenters. The summed E-state index contributed by atoms with van der Waals surface area (Å²) in [6.45, 7) is -0.588. The summed E-state index contributed by atoms with van der Waals surface area (Å²) in [5.41, 5.74) is 0. The molecular formula is C15H19NO5. The number of amides is 1. The Kier molecular flexibility index (Phi) is 5.03. The standard InChI is InChI=1S/C15H19NO5/c17-12-7-3-4-8-13(12)21-10-14(18)16(9-15(19)20)11-5-1-2-6-11/h3-4,7-8,11,17H,1-2,5-6,9-10H2,(H,19,20). The van der Waals surface area contributed by atoms with Crippen molar-refractivity contribution in [2.75, 3.05) is 13.2 Å². The van der Waals surface area contributed by atoms with E-state index in [0.717, 1.165) is 25.7 Å². The van der Waals surface area contributed by atoms with Crippen LogP contribution in [0.4, 0.5) is 0 Å². The first-order chi connectivity index (χ1) is 10.1. The van der Waals surface area contributed by atoms with E-state index in [2.05, 4.69) is 0 Å². The monoisotopic (exact) mass is 293 g/mol. The van der Waals surface area contributed by atoms with Crippen LogP contribution in [-0.4, -0.2) is 46.2 Å². The van der Waals surface area contributed by atoms with Gasteiger partial charge in [0.2, 0.25) is 0 Å². The molecule has 2 N–H and O–H groups in total. The zero-order valence-electron chi connectivity index (χ0n) is 11.7. The molecule has 1 amide bonds. The highest BCUT2D eigenvalue weighted by molar-refractivity contribution is 5.82. The van der Waals surface area contributed by atoms with Crippen LogP contribution in [0, 0.1) is 0 Å². The fourth-order valence-electron chi connectivity index (χ4n) is 2.58. The molecule has 1 aliphatic rings. The van der Waals surface area contributed by atoms with Crippen molar-refractivity contribution in [3.05, 3.63) is 24.3 Å². The van der Waals surface area contributed by atoms with Crippen LogP contribution in [-0.2, 0) is 9.59 Å². The molecule has 0 bridgehead atoms. The molecule has 2 rings (SSSR count). The summed E-state index contributed by atoms with van der Waals surface area (Å²) in [5.74, 6) is -1.23. The summed E-state index contributed by atoms with van der Waals surface area (Å²) < 4.78 is 5.29. The SMILES string of the molecule is O=C(O)CN(C(=O)COc1ccccc1O)C1CCCC1. The van der Waals surface area contributed by atoms with E-state index in [-0.39, 0.29) is 36.6 Å². The maximum absolute atomic E-state index is 12.2. The Bertz CT molecular complexity index is 511. The van der Waals surface area contributed by atoms with Crippen LogP contribution in [0.3, 0.4) is 0 Å². The second-order valence-electron chi connectivity index (χ2n) is 5.11. The van der Waals surface area contributed by atoms with E-state index in [1.165, 1.54) is 11.0 Å². The van der Waals surface area contributed by atoms with E-state index in [4.69, 9.17) is 9.84 Å². The van der Waals surface area contributed by atoms with Gasteiger partial charge in [-0.05, 0) is 25.0 Å². The number of para-hydroxylation sites is 2. The number of carboxylic acid groups (broad SMARTS) is 1. The topological polar surface area (TPSA) is 87.1 Å². The number of nitrogens with zero attached hydrogens (tertiary/aromatic N) is 1. The smallest absolute Gasteiger partial charge is 0.323 e. The fraction of sp³-hybridized carbons (Fsp3) is 0.467. The van der Waals surface area contributed by atoms with Gasteiger partial charge in [0, 0.05) is 6.04 Å². The molecule has 6 nitrogen and oxygen atoms in total. The predicted octanol–water partition coefficient (Wildman–Crippen LogP) is 1.63. The van der Waals surface area contributed by atoms with Crippen LogP contribution in [0.1, 0.15) is 25.7 Å². The van der Waals surface area contributed by atoms with Crippen LogP contribution in [0.5, 0.6) is 11.5 Å². The Labute approximate surface area is 122 Å². The molecule has 21 heavy (non-hydrogen) atoms. The number of carbonyl (C=O) groups excluding carboxylic acids is 1. The first kappa shape index (κ1) is 15.2. The largest absolute Gasteiger partial charge is 0.504 e. The molecule has 0 radical (unpaired) electrons. The molecule has 1 saturated carbocycles. The zero-order valence-corrected chi connectivity index (χ0v) is 11.7. The van der Waals surface area contributed by atoms with Crippen LogP contribution in [0.15, 0.2) is 24.3 Å². The number of aliphatic carboxylic acids is 1. The van der Waals surface area contributed by atoms with Crippen LogP contribution >= 0.6 is 0 Å². The van der Waals surface area contributed by atoms with E-state index in [9.17, 15) is 14.7 Å². The van der Waals surface area contributed by atoms with Crippen LogP contribution in [0.25, 0.3) is 0 Å². The Balaban J connectivity index is 1.97. The zero-order chi connectivity index (χ0) is 15.2. The molecule has 1 aliphatic carbocycles. The maximum atomic E-state index is 12.2. The van der Waals surface area contributed by atoms with Crippen molar-refractivity contribution in [2.24, 2.45) is 0 Å². The highest BCUT2D eigenvalue weighted by Gasteiger charge is 2.28. The van der Waals surface area contributed by atoms with Gasteiger partial charge in [0.25, 0.3) is 5.91 Å². The second kappa shape index (κ2) is 6.97. The van der Waals surface area contributed by atoms with E-state index in [1.54, 1.807) is 18.2 Å². The van der Waals surface area contributed by atoms with Crippen molar-refractivity contribution in [2.45, 2.75) is 31.7 Å². The first-order valence-electron chi connectivity index (χ1n) is 7.00. The maximum Gasteiger partial charge on any atom is 0.323 e. The number of carboxylic acids is 1. The molecule has 0 aliphatic heterocycles. The Morgan fingerprint density at radius 2 is 1.90 bits per heavy atom. The van der Waals surface area contributed by atoms with Crippen LogP contribution < -0.4 is 4.74 Å². The fourth-order valence-corrected chi connectivity index (χ4v) is 2.58. The highest BCUT2D eigenvalue weighted by atomic mass is 16.5. The van der Waals surface area contributed by atoms with E-state index in [0.29, 0.717) is 0 Å². The molecule has 0 unspecified atom stereocenters. The van der Waals surface area contributed by atoms with Gasteiger partial charge in [0.1, 0.15) is 6.54 Å². The van der Waals surface area contributed by atoms with E-state index in [1.807, 2.05) is 0 Å². The Morgan fingerprint density at radius 3 is 2.52 bits per heavy atom. The highest BCUT2D eigenvalue weighted by Crippen LogP contribution is 2.26. The van der Waals surface area contributed by atoms with Crippen molar-refractivity contribution in [3.8, 4) is 11.5 Å². The van der Waals surface area contributed by atoms with Gasteiger partial charge in [0.05, 0.1) is 0 Å². The molecule has 0 heterocycles. The number of ether oxygens (including phenoxy) is 1. The third-order valence-electron chi connectivity index (χ3n) is 3.61. The number of rotatable bonds is 6. The minimum absolute atomic E-state index is 0.0263. The minimum atomic E-state index is -1.03. The summed E-state index contributed by atoms with van der Waals surface area (Å²) in [6.07, 6.45) is 3.67. The summed E-state index contributed by atoms with van der Waals surface area (Å²) in [6, 6.07) is 6.33. The molecule has 1 aromatic rings. The molecule has 1 aromatic carbocycles. The molecule has 0 aromatic heterocycles. The van der Waals surface area contributed by atoms with Crippen LogP contribution in [0.2, 0.25) is 0 Å². The van der Waals surface area contributed by atoms with Crippen molar-refractivity contribution in [3.63, 3.8) is 0 Å². The van der Waals surface area contributed by atoms with Gasteiger partial charge in [-0.2, -0.15) is 0 Å². The summed E-state index contributed by atoms with van der Waals surface area (Å²) in [5, 5.41) is 18.5. The molecule has 0 spiro atoms. The quantitative estimate of drug-likeness (QED) is 0.832. The van der Waals surface area contributed by atoms with Gasteiger partial charge in [0.15, 0.2) is 18.1 Å². The number of carbonyl (C=O) groups is 2. The van der Waals surface area contributed by atoms with Gasteiger partial charge in [-0.1, -0.05) is 25.0 Å². The van der Waals surface area contributed by atoms with Gasteiger partial charge < -0.3 is 19.8 Å². The second-order valence-corrected chi connectivity index (χ2v) is 5.11. The van der Waals surface area contributed by atoms with Crippen molar-refractivity contribution >= 4 is 11.9 Å². The number of hydrogen-bond acceptors (Lipinski definition) is 4. The molecule has 0 saturated heterocycles. The average Bonchev–Trinajstić information content (AvgIpc) is 2.97. The number of hydrogen-bond donors (Lipinski definition) is 2. The molecular weight excluding hydrogens is 274 g/mol. The third kappa shape index (κ3) is 4.11. The predicted molar refractivity (Wildman–Crippen MR) is 75.2 cm³/mol. The number of aromatic hydroxyl groups is 1. The van der Waals surface area contributed by atoms with Gasteiger partial charge in [-0.3, -0.25) is 9.59 Å². The lowest BCUT2D eigenvalue weighted by Gasteiger charge is -2.27. The first-order valence-corrected chi connectivity index (χ1v) is 7.00.